The largest absolute Gasteiger partial charge is 0.352 e. The quantitative estimate of drug-likeness (QED) is 0.810. The fourth-order valence-corrected chi connectivity index (χ4v) is 4.15. The lowest BCUT2D eigenvalue weighted by Gasteiger charge is -2.40. The molecule has 5 unspecified atom stereocenters. The lowest BCUT2D eigenvalue weighted by Crippen LogP contribution is -2.56. The van der Waals surface area contributed by atoms with Crippen molar-refractivity contribution in [3.8, 4) is 0 Å². The van der Waals surface area contributed by atoms with E-state index in [0.29, 0.717) is 11.8 Å². The Morgan fingerprint density at radius 1 is 1.30 bits per heavy atom. The number of hydrogen-bond acceptors (Lipinski definition) is 3. The van der Waals surface area contributed by atoms with Gasteiger partial charge in [0.1, 0.15) is 0 Å². The van der Waals surface area contributed by atoms with Crippen molar-refractivity contribution in [2.24, 2.45) is 5.92 Å². The molecule has 0 spiro atoms. The standard InChI is InChI=1S/C15H28N2O2S/c1-11(9-10-20(2)19)16-15(18)14-8-7-12-5-3-4-6-13(12)17-14/h11-14,17H,3-10H2,1-2H3,(H,16,18). The van der Waals surface area contributed by atoms with Crippen LogP contribution < -0.4 is 10.6 Å². The molecule has 1 saturated carbocycles. The molecule has 1 heterocycles. The van der Waals surface area contributed by atoms with Gasteiger partial charge >= 0.3 is 0 Å². The molecule has 116 valence electrons. The molecule has 1 amide bonds. The molecule has 0 bridgehead atoms. The Bertz CT molecular complexity index is 362. The summed E-state index contributed by atoms with van der Waals surface area (Å²) in [5, 5.41) is 6.62. The van der Waals surface area contributed by atoms with Crippen LogP contribution in [0.15, 0.2) is 0 Å². The van der Waals surface area contributed by atoms with Crippen LogP contribution in [0.1, 0.15) is 51.9 Å². The van der Waals surface area contributed by atoms with E-state index < -0.39 is 10.8 Å². The first-order valence-electron chi connectivity index (χ1n) is 7.92. The summed E-state index contributed by atoms with van der Waals surface area (Å²) in [6, 6.07) is 0.632. The molecule has 0 radical (unpaired) electrons. The van der Waals surface area contributed by atoms with E-state index >= 15 is 0 Å². The molecule has 1 aliphatic carbocycles. The number of carbonyl (C=O) groups excluding carboxylic acids is 1. The van der Waals surface area contributed by atoms with Gasteiger partial charge in [0.15, 0.2) is 0 Å². The Labute approximate surface area is 124 Å². The fourth-order valence-electron chi connectivity index (χ4n) is 3.46. The Hall–Kier alpha value is -0.420. The summed E-state index contributed by atoms with van der Waals surface area (Å²) in [5.74, 6) is 1.57. The molecule has 0 aromatic heterocycles. The number of rotatable bonds is 5. The highest BCUT2D eigenvalue weighted by molar-refractivity contribution is 7.84. The molecule has 0 aromatic carbocycles. The van der Waals surface area contributed by atoms with E-state index in [0.717, 1.165) is 18.8 Å². The zero-order valence-corrected chi connectivity index (χ0v) is 13.5. The summed E-state index contributed by atoms with van der Waals surface area (Å²) in [5.41, 5.74) is 0. The summed E-state index contributed by atoms with van der Waals surface area (Å²) >= 11 is 0. The molecule has 5 atom stereocenters. The number of carbonyl (C=O) groups is 1. The van der Waals surface area contributed by atoms with E-state index in [4.69, 9.17) is 0 Å². The van der Waals surface area contributed by atoms with Crippen LogP contribution in [0.2, 0.25) is 0 Å². The Morgan fingerprint density at radius 3 is 2.80 bits per heavy atom. The van der Waals surface area contributed by atoms with Crippen LogP contribution in [0.4, 0.5) is 0 Å². The molecule has 20 heavy (non-hydrogen) atoms. The monoisotopic (exact) mass is 300 g/mol. The van der Waals surface area contributed by atoms with Crippen molar-refractivity contribution in [2.45, 2.75) is 70.0 Å². The molecule has 0 aromatic rings. The summed E-state index contributed by atoms with van der Waals surface area (Å²) in [6.07, 6.45) is 9.83. The van der Waals surface area contributed by atoms with Crippen molar-refractivity contribution >= 4 is 16.7 Å². The van der Waals surface area contributed by atoms with Gasteiger partial charge in [-0.2, -0.15) is 0 Å². The van der Waals surface area contributed by atoms with Gasteiger partial charge in [-0.1, -0.05) is 12.8 Å². The van der Waals surface area contributed by atoms with Gasteiger partial charge in [-0.25, -0.2) is 0 Å². The van der Waals surface area contributed by atoms with Gasteiger partial charge in [0.2, 0.25) is 5.91 Å². The van der Waals surface area contributed by atoms with Gasteiger partial charge in [0, 0.05) is 34.9 Å². The van der Waals surface area contributed by atoms with E-state index in [1.165, 1.54) is 32.1 Å². The van der Waals surface area contributed by atoms with E-state index in [9.17, 15) is 9.00 Å². The topological polar surface area (TPSA) is 58.2 Å². The number of nitrogens with one attached hydrogen (secondary N) is 2. The number of piperidine rings is 1. The van der Waals surface area contributed by atoms with Gasteiger partial charge in [0.05, 0.1) is 6.04 Å². The number of fused-ring (bicyclic) bond motifs is 1. The highest BCUT2D eigenvalue weighted by Crippen LogP contribution is 2.32. The van der Waals surface area contributed by atoms with Gasteiger partial charge in [-0.05, 0) is 44.9 Å². The van der Waals surface area contributed by atoms with Crippen molar-refractivity contribution in [2.75, 3.05) is 12.0 Å². The normalized spacial score (nSPS) is 33.0. The molecular weight excluding hydrogens is 272 g/mol. The lowest BCUT2D eigenvalue weighted by atomic mass is 9.77. The van der Waals surface area contributed by atoms with Crippen LogP contribution >= 0.6 is 0 Å². The average Bonchev–Trinajstić information content (AvgIpc) is 2.44. The molecule has 2 rings (SSSR count). The van der Waals surface area contributed by atoms with Crippen molar-refractivity contribution in [3.05, 3.63) is 0 Å². The summed E-state index contributed by atoms with van der Waals surface area (Å²) in [7, 11) is -0.778. The van der Waals surface area contributed by atoms with Gasteiger partial charge in [0.25, 0.3) is 0 Å². The van der Waals surface area contributed by atoms with Crippen LogP contribution in [-0.4, -0.2) is 40.3 Å². The number of hydrogen-bond donors (Lipinski definition) is 2. The first-order chi connectivity index (χ1) is 9.56. The maximum atomic E-state index is 12.3. The maximum absolute atomic E-state index is 12.3. The predicted octanol–water partition coefficient (Wildman–Crippen LogP) is 1.57. The van der Waals surface area contributed by atoms with Gasteiger partial charge in [-0.15, -0.1) is 0 Å². The first-order valence-corrected chi connectivity index (χ1v) is 9.65. The molecule has 5 heteroatoms. The third kappa shape index (κ3) is 4.55. The van der Waals surface area contributed by atoms with E-state index in [1.807, 2.05) is 6.92 Å². The summed E-state index contributed by atoms with van der Waals surface area (Å²) in [4.78, 5) is 12.3. The third-order valence-corrected chi connectivity index (χ3v) is 5.50. The highest BCUT2D eigenvalue weighted by Gasteiger charge is 2.34. The second-order valence-corrected chi connectivity index (χ2v) is 7.98. The van der Waals surface area contributed by atoms with Crippen LogP contribution in [0, 0.1) is 5.92 Å². The van der Waals surface area contributed by atoms with Crippen molar-refractivity contribution < 1.29 is 9.00 Å². The van der Waals surface area contributed by atoms with Gasteiger partial charge < -0.3 is 10.6 Å². The van der Waals surface area contributed by atoms with Crippen LogP contribution in [-0.2, 0) is 15.6 Å². The van der Waals surface area contributed by atoms with E-state index in [1.54, 1.807) is 6.26 Å². The second-order valence-electron chi connectivity index (χ2n) is 6.42. The molecule has 1 aliphatic heterocycles. The Balaban J connectivity index is 1.76. The average molecular weight is 300 g/mol. The van der Waals surface area contributed by atoms with Crippen molar-refractivity contribution in [1.29, 1.82) is 0 Å². The van der Waals surface area contributed by atoms with Crippen molar-refractivity contribution in [3.63, 3.8) is 0 Å². The van der Waals surface area contributed by atoms with E-state index in [2.05, 4.69) is 10.6 Å². The third-order valence-electron chi connectivity index (χ3n) is 4.69. The maximum Gasteiger partial charge on any atom is 0.237 e. The van der Waals surface area contributed by atoms with Gasteiger partial charge in [-0.3, -0.25) is 9.00 Å². The molecule has 2 aliphatic rings. The van der Waals surface area contributed by atoms with Crippen LogP contribution in [0.3, 0.4) is 0 Å². The minimum Gasteiger partial charge on any atom is -0.352 e. The van der Waals surface area contributed by atoms with Crippen LogP contribution in [0.25, 0.3) is 0 Å². The zero-order chi connectivity index (χ0) is 14.5. The second kappa shape index (κ2) is 7.55. The zero-order valence-electron chi connectivity index (χ0n) is 12.7. The predicted molar refractivity (Wildman–Crippen MR) is 83.1 cm³/mol. The summed E-state index contributed by atoms with van der Waals surface area (Å²) in [6.45, 7) is 2.00. The molecule has 2 fully saturated rings. The Kier molecular flexibility index (Phi) is 6.02. The number of amides is 1. The SMILES string of the molecule is CC(CCS(C)=O)NC(=O)C1CCC2CCCCC2N1. The molecule has 1 saturated heterocycles. The Morgan fingerprint density at radius 2 is 2.05 bits per heavy atom. The fraction of sp³-hybridized carbons (Fsp3) is 0.933. The highest BCUT2D eigenvalue weighted by atomic mass is 32.2. The van der Waals surface area contributed by atoms with E-state index in [-0.39, 0.29) is 18.0 Å². The lowest BCUT2D eigenvalue weighted by molar-refractivity contribution is -0.125. The smallest absolute Gasteiger partial charge is 0.237 e. The first kappa shape index (κ1) is 16.0. The van der Waals surface area contributed by atoms with Crippen molar-refractivity contribution in [1.82, 2.24) is 10.6 Å². The molecule has 2 N–H and O–H groups in total. The molecular formula is C15H28N2O2S. The molecule has 4 nitrogen and oxygen atoms in total. The minimum atomic E-state index is -0.778. The minimum absolute atomic E-state index is 0.0241. The summed E-state index contributed by atoms with van der Waals surface area (Å²) < 4.78 is 11.1. The van der Waals surface area contributed by atoms with Crippen LogP contribution in [0.5, 0.6) is 0 Å².